The summed E-state index contributed by atoms with van der Waals surface area (Å²) < 4.78 is 5.02. The maximum absolute atomic E-state index is 12.4. The molecule has 143 valence electrons. The summed E-state index contributed by atoms with van der Waals surface area (Å²) in [6, 6.07) is 12.3. The maximum Gasteiger partial charge on any atom is 0.414 e. The predicted molar refractivity (Wildman–Crippen MR) is 104 cm³/mol. The van der Waals surface area contributed by atoms with Crippen molar-refractivity contribution in [2.75, 3.05) is 23.4 Å². The van der Waals surface area contributed by atoms with Gasteiger partial charge in [0.25, 0.3) is 0 Å². The quantitative estimate of drug-likeness (QED) is 0.850. The van der Waals surface area contributed by atoms with Crippen molar-refractivity contribution >= 4 is 29.7 Å². The Balaban J connectivity index is 1.76. The van der Waals surface area contributed by atoms with Crippen molar-refractivity contribution in [2.24, 2.45) is 11.1 Å². The fourth-order valence-corrected chi connectivity index (χ4v) is 3.94. The van der Waals surface area contributed by atoms with Crippen LogP contribution in [0.5, 0.6) is 0 Å². The maximum atomic E-state index is 12.4. The highest BCUT2D eigenvalue weighted by Crippen LogP contribution is 2.45. The number of carbonyl (C=O) groups is 2. The van der Waals surface area contributed by atoms with E-state index in [-0.39, 0.29) is 12.1 Å². The zero-order valence-electron chi connectivity index (χ0n) is 15.4. The van der Waals surface area contributed by atoms with Crippen molar-refractivity contribution < 1.29 is 19.1 Å². The van der Waals surface area contributed by atoms with Crippen LogP contribution in [0.15, 0.2) is 42.5 Å². The average molecular weight is 378 g/mol. The summed E-state index contributed by atoms with van der Waals surface area (Å²) in [6.45, 7) is 2.65. The van der Waals surface area contributed by atoms with Crippen LogP contribution in [0.2, 0.25) is 0 Å². The monoisotopic (exact) mass is 378 g/mol. The van der Waals surface area contributed by atoms with Gasteiger partial charge in [0.1, 0.15) is 6.61 Å². The molecule has 7 nitrogen and oxygen atoms in total. The highest BCUT2D eigenvalue weighted by molar-refractivity contribution is 5.90. The van der Waals surface area contributed by atoms with Gasteiger partial charge in [-0.25, -0.2) is 4.79 Å². The minimum absolute atomic E-state index is 0.354. The zero-order chi connectivity index (χ0) is 19.9. The second-order valence-electron chi connectivity index (χ2n) is 7.37. The van der Waals surface area contributed by atoms with Gasteiger partial charge in [-0.1, -0.05) is 12.1 Å². The third kappa shape index (κ3) is 2.89. The number of nitrogens with two attached hydrogens (primary N) is 1. The molecular formula is C21H20N3O4. The van der Waals surface area contributed by atoms with Crippen molar-refractivity contribution in [1.82, 2.24) is 0 Å². The fourth-order valence-electron chi connectivity index (χ4n) is 3.94. The molecule has 1 saturated heterocycles. The van der Waals surface area contributed by atoms with Crippen LogP contribution in [0.1, 0.15) is 29.7 Å². The lowest BCUT2D eigenvalue weighted by molar-refractivity contribution is -0.127. The fraction of sp³-hybridized carbons (Fsp3) is 0.286. The van der Waals surface area contributed by atoms with Crippen LogP contribution in [0.3, 0.4) is 0 Å². The Labute approximate surface area is 162 Å². The lowest BCUT2D eigenvalue weighted by atomic mass is 9.70. The Kier molecular flexibility index (Phi) is 4.30. The van der Waals surface area contributed by atoms with Gasteiger partial charge < -0.3 is 15.8 Å². The summed E-state index contributed by atoms with van der Waals surface area (Å²) in [5, 5.41) is 3.40. The van der Waals surface area contributed by atoms with Crippen molar-refractivity contribution in [3.8, 4) is 0 Å². The topological polar surface area (TPSA) is 102 Å². The number of hydrogen-bond acceptors (Lipinski definition) is 5. The molecule has 2 heterocycles. The molecule has 4 rings (SSSR count). The molecule has 2 atom stereocenters. The Hall–Kier alpha value is -3.35. The third-order valence-corrected chi connectivity index (χ3v) is 5.56. The highest BCUT2D eigenvalue weighted by atomic mass is 16.6. The van der Waals surface area contributed by atoms with Crippen LogP contribution in [-0.2, 0) is 20.7 Å². The number of rotatable bonds is 4. The number of nitrogens with one attached hydrogen (secondary N) is 1. The minimum atomic E-state index is -0.918. The molecular weight excluding hydrogens is 358 g/mol. The van der Waals surface area contributed by atoms with Crippen LogP contribution in [0.25, 0.3) is 0 Å². The molecule has 1 fully saturated rings. The second kappa shape index (κ2) is 6.67. The van der Waals surface area contributed by atoms with Crippen molar-refractivity contribution in [2.45, 2.75) is 19.4 Å². The molecule has 0 saturated carbocycles. The van der Waals surface area contributed by atoms with Gasteiger partial charge in [0.2, 0.25) is 12.2 Å². The first-order chi connectivity index (χ1) is 13.4. The highest BCUT2D eigenvalue weighted by Gasteiger charge is 2.44. The first-order valence-corrected chi connectivity index (χ1v) is 9.04. The SMILES string of the molecule is CC1(C(N)=O)Cc2cc([C]=O)ccc2NC1c1cccc(N2CCOC2=O)c1. The molecule has 2 aliphatic heterocycles. The first-order valence-electron chi connectivity index (χ1n) is 9.04. The van der Waals surface area contributed by atoms with Crippen LogP contribution in [0.4, 0.5) is 16.2 Å². The van der Waals surface area contributed by atoms with E-state index in [0.29, 0.717) is 30.8 Å². The van der Waals surface area contributed by atoms with Crippen LogP contribution in [0, 0.1) is 5.41 Å². The third-order valence-electron chi connectivity index (χ3n) is 5.56. The van der Waals surface area contributed by atoms with E-state index in [4.69, 9.17) is 10.5 Å². The Morgan fingerprint density at radius 1 is 1.32 bits per heavy atom. The number of nitrogens with zero attached hydrogens (tertiary/aromatic N) is 1. The molecule has 2 aliphatic rings. The summed E-state index contributed by atoms with van der Waals surface area (Å²) in [6.07, 6.45) is 1.89. The second-order valence-corrected chi connectivity index (χ2v) is 7.37. The van der Waals surface area contributed by atoms with Gasteiger partial charge in [0.15, 0.2) is 0 Å². The largest absolute Gasteiger partial charge is 0.447 e. The van der Waals surface area contributed by atoms with E-state index in [2.05, 4.69) is 5.32 Å². The van der Waals surface area contributed by atoms with Gasteiger partial charge in [0.05, 0.1) is 18.0 Å². The normalized spacial score (nSPS) is 23.5. The van der Waals surface area contributed by atoms with E-state index < -0.39 is 11.3 Å². The number of fused-ring (bicyclic) bond motifs is 1. The van der Waals surface area contributed by atoms with Gasteiger partial charge in [-0.05, 0) is 54.8 Å². The van der Waals surface area contributed by atoms with Crippen LogP contribution in [-0.4, -0.2) is 31.4 Å². The summed E-state index contributed by atoms with van der Waals surface area (Å²) in [4.78, 5) is 36.9. The number of primary amides is 1. The van der Waals surface area contributed by atoms with Gasteiger partial charge in [-0.15, -0.1) is 0 Å². The molecule has 2 aromatic rings. The van der Waals surface area contributed by atoms with E-state index >= 15 is 0 Å². The van der Waals surface area contributed by atoms with E-state index in [9.17, 15) is 14.4 Å². The number of cyclic esters (lactones) is 1. The standard InChI is InChI=1S/C21H20N3O4/c1-21(19(22)26)11-15-9-13(12-25)5-6-17(15)23-18(21)14-3-2-4-16(10-14)24-7-8-28-20(24)27/h2-6,9-10,18,23H,7-8,11H2,1H3,(H2,22,26). The number of hydrogen-bond donors (Lipinski definition) is 2. The Morgan fingerprint density at radius 2 is 2.14 bits per heavy atom. The zero-order valence-corrected chi connectivity index (χ0v) is 15.4. The smallest absolute Gasteiger partial charge is 0.414 e. The number of amides is 2. The predicted octanol–water partition coefficient (Wildman–Crippen LogP) is 2.30. The van der Waals surface area contributed by atoms with Gasteiger partial charge in [-0.3, -0.25) is 14.5 Å². The summed E-state index contributed by atoms with van der Waals surface area (Å²) >= 11 is 0. The molecule has 0 aliphatic carbocycles. The van der Waals surface area contributed by atoms with Gasteiger partial charge >= 0.3 is 6.09 Å². The van der Waals surface area contributed by atoms with Crippen LogP contribution < -0.4 is 16.0 Å². The molecule has 2 aromatic carbocycles. The molecule has 3 N–H and O–H groups in total. The number of ether oxygens (including phenoxy) is 1. The van der Waals surface area contributed by atoms with Crippen molar-refractivity contribution in [3.05, 3.63) is 59.2 Å². The average Bonchev–Trinajstić information content (AvgIpc) is 3.13. The molecule has 1 radical (unpaired) electrons. The molecule has 0 aromatic heterocycles. The van der Waals surface area contributed by atoms with Gasteiger partial charge in [0, 0.05) is 16.9 Å². The molecule has 7 heteroatoms. The molecule has 0 bridgehead atoms. The molecule has 0 spiro atoms. The lowest BCUT2D eigenvalue weighted by Crippen LogP contribution is -2.46. The molecule has 2 amide bonds. The van der Waals surface area contributed by atoms with Gasteiger partial charge in [-0.2, -0.15) is 0 Å². The van der Waals surface area contributed by atoms with E-state index in [1.54, 1.807) is 17.0 Å². The molecule has 28 heavy (non-hydrogen) atoms. The van der Waals surface area contributed by atoms with E-state index in [1.165, 1.54) is 0 Å². The van der Waals surface area contributed by atoms with Crippen molar-refractivity contribution in [1.29, 1.82) is 0 Å². The Morgan fingerprint density at radius 3 is 2.82 bits per heavy atom. The lowest BCUT2D eigenvalue weighted by Gasteiger charge is -2.41. The summed E-state index contributed by atoms with van der Waals surface area (Å²) in [7, 11) is 0. The summed E-state index contributed by atoms with van der Waals surface area (Å²) in [5.74, 6) is -0.442. The number of anilines is 2. The minimum Gasteiger partial charge on any atom is -0.447 e. The summed E-state index contributed by atoms with van der Waals surface area (Å²) in [5.41, 5.74) is 8.55. The molecule has 2 unspecified atom stereocenters. The Bertz CT molecular complexity index is 974. The number of carbonyl (C=O) groups excluding carboxylic acids is 3. The van der Waals surface area contributed by atoms with E-state index in [0.717, 1.165) is 16.8 Å². The van der Waals surface area contributed by atoms with Crippen molar-refractivity contribution in [3.63, 3.8) is 0 Å². The number of benzene rings is 2. The van der Waals surface area contributed by atoms with Crippen LogP contribution >= 0.6 is 0 Å². The van der Waals surface area contributed by atoms with E-state index in [1.807, 2.05) is 43.5 Å². The first kappa shape index (κ1) is 18.0.